The highest BCUT2D eigenvalue weighted by atomic mass is 19.1. The van der Waals surface area contributed by atoms with Gasteiger partial charge in [0.15, 0.2) is 0 Å². The lowest BCUT2D eigenvalue weighted by molar-refractivity contribution is -0.125. The van der Waals surface area contributed by atoms with Crippen molar-refractivity contribution in [2.45, 2.75) is 27.2 Å². The van der Waals surface area contributed by atoms with E-state index in [0.717, 1.165) is 18.2 Å². The average molecular weight is 212 g/mol. The number of benzene rings is 1. The Balaban J connectivity index is 2.90. The molecule has 0 saturated carbocycles. The highest BCUT2D eigenvalue weighted by molar-refractivity contribution is 5.85. The second-order valence-electron chi connectivity index (χ2n) is 4.59. The summed E-state index contributed by atoms with van der Waals surface area (Å²) in [6.07, 6.45) is -0.0624. The van der Waals surface area contributed by atoms with Crippen LogP contribution in [0.3, 0.4) is 0 Å². The van der Waals surface area contributed by atoms with Gasteiger partial charge in [0.2, 0.25) is 0 Å². The molecular weight excluding hydrogens is 198 g/mol. The first-order chi connectivity index (χ1) is 6.80. The molecule has 1 aromatic rings. The Morgan fingerprint density at radius 2 is 1.87 bits per heavy atom. The van der Waals surface area contributed by atoms with Crippen LogP contribution in [-0.2, 0) is 11.2 Å². The first kappa shape index (κ1) is 11.8. The van der Waals surface area contributed by atoms with E-state index >= 15 is 0 Å². The second-order valence-corrected chi connectivity index (χ2v) is 4.59. The van der Waals surface area contributed by atoms with E-state index in [1.807, 2.05) is 0 Å². The quantitative estimate of drug-likeness (QED) is 0.736. The Hall–Kier alpha value is -1.25. The SMILES string of the molecule is CC(C)(C)C(=O)Cc1cc(F)ccc1F. The van der Waals surface area contributed by atoms with Crippen molar-refractivity contribution in [1.29, 1.82) is 0 Å². The largest absolute Gasteiger partial charge is 0.299 e. The Bertz CT molecular complexity index is 378. The normalized spacial score (nSPS) is 11.5. The van der Waals surface area contributed by atoms with Crippen molar-refractivity contribution in [2.24, 2.45) is 5.41 Å². The molecule has 82 valence electrons. The molecule has 0 atom stereocenters. The molecule has 0 heterocycles. The van der Waals surface area contributed by atoms with Crippen LogP contribution in [0.15, 0.2) is 18.2 Å². The molecule has 0 amide bonds. The predicted molar refractivity (Wildman–Crippen MR) is 54.5 cm³/mol. The lowest BCUT2D eigenvalue weighted by Gasteiger charge is -2.16. The summed E-state index contributed by atoms with van der Waals surface area (Å²) >= 11 is 0. The van der Waals surface area contributed by atoms with E-state index in [4.69, 9.17) is 0 Å². The van der Waals surface area contributed by atoms with E-state index in [1.165, 1.54) is 0 Å². The summed E-state index contributed by atoms with van der Waals surface area (Å²) < 4.78 is 26.0. The molecule has 0 aromatic heterocycles. The minimum absolute atomic E-state index is 0.0624. The van der Waals surface area contributed by atoms with E-state index in [-0.39, 0.29) is 17.8 Å². The van der Waals surface area contributed by atoms with Crippen LogP contribution in [0.25, 0.3) is 0 Å². The highest BCUT2D eigenvalue weighted by Gasteiger charge is 2.22. The van der Waals surface area contributed by atoms with Gasteiger partial charge in [0.1, 0.15) is 17.4 Å². The van der Waals surface area contributed by atoms with Crippen LogP contribution in [0.5, 0.6) is 0 Å². The Kier molecular flexibility index (Phi) is 3.22. The summed E-state index contributed by atoms with van der Waals surface area (Å²) in [6, 6.07) is 3.15. The molecule has 0 saturated heterocycles. The minimum Gasteiger partial charge on any atom is -0.299 e. The molecule has 0 fully saturated rings. The predicted octanol–water partition coefficient (Wildman–Crippen LogP) is 3.12. The molecule has 1 aromatic carbocycles. The number of ketones is 1. The van der Waals surface area contributed by atoms with Gasteiger partial charge in [-0.25, -0.2) is 8.78 Å². The van der Waals surface area contributed by atoms with E-state index in [2.05, 4.69) is 0 Å². The van der Waals surface area contributed by atoms with E-state index in [1.54, 1.807) is 20.8 Å². The third kappa shape index (κ3) is 3.11. The van der Waals surface area contributed by atoms with Gasteiger partial charge in [-0.05, 0) is 23.8 Å². The highest BCUT2D eigenvalue weighted by Crippen LogP contribution is 2.19. The van der Waals surface area contributed by atoms with Gasteiger partial charge in [-0.2, -0.15) is 0 Å². The molecule has 0 unspecified atom stereocenters. The topological polar surface area (TPSA) is 17.1 Å². The van der Waals surface area contributed by atoms with Crippen molar-refractivity contribution in [3.63, 3.8) is 0 Å². The fourth-order valence-electron chi connectivity index (χ4n) is 1.12. The first-order valence-electron chi connectivity index (χ1n) is 4.78. The van der Waals surface area contributed by atoms with Crippen molar-refractivity contribution in [3.8, 4) is 0 Å². The number of carbonyl (C=O) groups is 1. The molecule has 0 aliphatic heterocycles. The zero-order valence-corrected chi connectivity index (χ0v) is 9.10. The third-order valence-electron chi connectivity index (χ3n) is 2.20. The fourth-order valence-corrected chi connectivity index (χ4v) is 1.12. The molecule has 0 radical (unpaired) electrons. The molecule has 15 heavy (non-hydrogen) atoms. The fraction of sp³-hybridized carbons (Fsp3) is 0.417. The van der Waals surface area contributed by atoms with Crippen LogP contribution < -0.4 is 0 Å². The van der Waals surface area contributed by atoms with Crippen LogP contribution >= 0.6 is 0 Å². The van der Waals surface area contributed by atoms with Crippen molar-refractivity contribution < 1.29 is 13.6 Å². The van der Waals surface area contributed by atoms with E-state index in [0.29, 0.717) is 0 Å². The zero-order chi connectivity index (χ0) is 11.6. The molecule has 1 nitrogen and oxygen atoms in total. The van der Waals surface area contributed by atoms with E-state index in [9.17, 15) is 13.6 Å². The molecule has 1 rings (SSSR count). The number of carbonyl (C=O) groups excluding carboxylic acids is 1. The van der Waals surface area contributed by atoms with E-state index < -0.39 is 17.0 Å². The maximum atomic E-state index is 13.2. The number of rotatable bonds is 2. The third-order valence-corrected chi connectivity index (χ3v) is 2.20. The second kappa shape index (κ2) is 4.09. The number of Topliss-reactive ketones (excluding diaryl/α,β-unsaturated/α-hetero) is 1. The van der Waals surface area contributed by atoms with Crippen LogP contribution in [-0.4, -0.2) is 5.78 Å². The first-order valence-corrected chi connectivity index (χ1v) is 4.78. The van der Waals surface area contributed by atoms with Gasteiger partial charge in [-0.1, -0.05) is 20.8 Å². The van der Waals surface area contributed by atoms with Gasteiger partial charge in [0.25, 0.3) is 0 Å². The Morgan fingerprint density at radius 3 is 2.40 bits per heavy atom. The Morgan fingerprint density at radius 1 is 1.27 bits per heavy atom. The maximum Gasteiger partial charge on any atom is 0.142 e. The van der Waals surface area contributed by atoms with Crippen molar-refractivity contribution >= 4 is 5.78 Å². The summed E-state index contributed by atoms with van der Waals surface area (Å²) in [4.78, 5) is 11.6. The molecule has 0 aliphatic rings. The summed E-state index contributed by atoms with van der Waals surface area (Å²) in [5.41, 5.74) is -0.409. The summed E-state index contributed by atoms with van der Waals surface area (Å²) in [5.74, 6) is -1.16. The van der Waals surface area contributed by atoms with Crippen molar-refractivity contribution in [1.82, 2.24) is 0 Å². The standard InChI is InChI=1S/C12H14F2O/c1-12(2,3)11(15)7-8-6-9(13)4-5-10(8)14/h4-6H,7H2,1-3H3. The summed E-state index contributed by atoms with van der Waals surface area (Å²) in [5, 5.41) is 0. The average Bonchev–Trinajstić information content (AvgIpc) is 2.09. The number of hydrogen-bond donors (Lipinski definition) is 0. The van der Waals surface area contributed by atoms with Gasteiger partial charge in [-0.15, -0.1) is 0 Å². The number of hydrogen-bond acceptors (Lipinski definition) is 1. The van der Waals surface area contributed by atoms with Gasteiger partial charge in [0, 0.05) is 11.8 Å². The van der Waals surface area contributed by atoms with Crippen LogP contribution in [0.2, 0.25) is 0 Å². The molecule has 0 bridgehead atoms. The molecule has 0 aliphatic carbocycles. The maximum absolute atomic E-state index is 13.2. The summed E-state index contributed by atoms with van der Waals surface area (Å²) in [7, 11) is 0. The number of halogens is 2. The smallest absolute Gasteiger partial charge is 0.142 e. The van der Waals surface area contributed by atoms with Gasteiger partial charge in [-0.3, -0.25) is 4.79 Å². The lowest BCUT2D eigenvalue weighted by Crippen LogP contribution is -2.22. The monoisotopic (exact) mass is 212 g/mol. The van der Waals surface area contributed by atoms with Crippen LogP contribution in [0.4, 0.5) is 8.78 Å². The molecular formula is C12H14F2O. The van der Waals surface area contributed by atoms with Crippen molar-refractivity contribution in [2.75, 3.05) is 0 Å². The summed E-state index contributed by atoms with van der Waals surface area (Å²) in [6.45, 7) is 5.27. The van der Waals surface area contributed by atoms with Gasteiger partial charge >= 0.3 is 0 Å². The van der Waals surface area contributed by atoms with Crippen molar-refractivity contribution in [3.05, 3.63) is 35.4 Å². The van der Waals surface area contributed by atoms with Crippen LogP contribution in [0.1, 0.15) is 26.3 Å². The molecule has 0 N–H and O–H groups in total. The minimum atomic E-state index is -0.533. The van der Waals surface area contributed by atoms with Gasteiger partial charge in [0.05, 0.1) is 0 Å². The Labute approximate surface area is 88.1 Å². The van der Waals surface area contributed by atoms with Gasteiger partial charge < -0.3 is 0 Å². The van der Waals surface area contributed by atoms with Crippen LogP contribution in [0, 0.1) is 17.0 Å². The lowest BCUT2D eigenvalue weighted by atomic mass is 9.87. The molecule has 0 spiro atoms. The molecule has 3 heteroatoms. The zero-order valence-electron chi connectivity index (χ0n) is 9.10.